The largest absolute Gasteiger partial charge is 0.496 e. The van der Waals surface area contributed by atoms with Gasteiger partial charge in [0.05, 0.1) is 18.6 Å². The van der Waals surface area contributed by atoms with Crippen molar-refractivity contribution in [1.29, 1.82) is 0 Å². The molecule has 0 saturated carbocycles. The molecule has 0 radical (unpaired) electrons. The maximum Gasteiger partial charge on any atom is 0.327 e. The summed E-state index contributed by atoms with van der Waals surface area (Å²) in [5.74, 6) is -1.12. The van der Waals surface area contributed by atoms with E-state index in [2.05, 4.69) is 21.2 Å². The van der Waals surface area contributed by atoms with E-state index in [1.807, 2.05) is 0 Å². The Morgan fingerprint density at radius 2 is 2.14 bits per heavy atom. The highest BCUT2D eigenvalue weighted by molar-refractivity contribution is 9.10. The first-order chi connectivity index (χ1) is 9.83. The first-order valence-corrected chi connectivity index (χ1v) is 8.29. The van der Waals surface area contributed by atoms with Gasteiger partial charge in [0.2, 0.25) is 5.91 Å². The monoisotopic (exact) mass is 377 g/mol. The van der Waals surface area contributed by atoms with Crippen LogP contribution in [0, 0.1) is 0 Å². The first-order valence-electron chi connectivity index (χ1n) is 6.00. The van der Waals surface area contributed by atoms with Crippen molar-refractivity contribution in [3.8, 4) is 5.75 Å². The molecule has 0 fully saturated rings. The number of carbonyl (C=O) groups excluding carboxylic acids is 1. The van der Waals surface area contributed by atoms with E-state index in [9.17, 15) is 13.8 Å². The van der Waals surface area contributed by atoms with Crippen LogP contribution in [0.1, 0.15) is 12.5 Å². The molecule has 1 rings (SSSR count). The number of ether oxygens (including phenoxy) is 1. The molecule has 0 aliphatic carbocycles. The van der Waals surface area contributed by atoms with E-state index >= 15 is 0 Å². The van der Waals surface area contributed by atoms with E-state index in [0.717, 1.165) is 4.47 Å². The van der Waals surface area contributed by atoms with E-state index in [4.69, 9.17) is 9.84 Å². The molecule has 0 bridgehead atoms. The Balaban J connectivity index is 2.78. The zero-order valence-corrected chi connectivity index (χ0v) is 14.0. The maximum absolute atomic E-state index is 12.1. The molecule has 6 nitrogen and oxygen atoms in total. The fraction of sp³-hybridized carbons (Fsp3) is 0.385. The summed E-state index contributed by atoms with van der Waals surface area (Å²) in [6.45, 7) is 1.22. The van der Waals surface area contributed by atoms with Gasteiger partial charge in [-0.3, -0.25) is 9.00 Å². The molecule has 0 aliphatic rings. The normalized spacial score (nSPS) is 13.3. The number of methoxy groups -OCH3 is 1. The summed E-state index contributed by atoms with van der Waals surface area (Å²) >= 11 is 3.32. The molecule has 2 unspecified atom stereocenters. The van der Waals surface area contributed by atoms with Crippen molar-refractivity contribution in [2.75, 3.05) is 12.9 Å². The van der Waals surface area contributed by atoms with Gasteiger partial charge in [0, 0.05) is 27.8 Å². The van der Waals surface area contributed by atoms with Crippen molar-refractivity contribution in [2.24, 2.45) is 0 Å². The maximum atomic E-state index is 12.1. The van der Waals surface area contributed by atoms with Crippen LogP contribution in [0.25, 0.3) is 0 Å². The Morgan fingerprint density at radius 3 is 2.67 bits per heavy atom. The Hall–Kier alpha value is -1.41. The van der Waals surface area contributed by atoms with E-state index < -0.39 is 28.7 Å². The summed E-state index contributed by atoms with van der Waals surface area (Å²) in [5, 5.41) is 11.3. The van der Waals surface area contributed by atoms with E-state index in [1.54, 1.807) is 18.2 Å². The van der Waals surface area contributed by atoms with Gasteiger partial charge in [-0.05, 0) is 18.2 Å². The van der Waals surface area contributed by atoms with Gasteiger partial charge < -0.3 is 15.2 Å². The van der Waals surface area contributed by atoms with Crippen LogP contribution in [0.4, 0.5) is 0 Å². The van der Waals surface area contributed by atoms with Crippen molar-refractivity contribution < 1.29 is 23.6 Å². The van der Waals surface area contributed by atoms with E-state index in [-0.39, 0.29) is 11.5 Å². The molecule has 8 heteroatoms. The lowest BCUT2D eigenvalue weighted by atomic mass is 10.2. The van der Waals surface area contributed by atoms with Crippen LogP contribution in [0.5, 0.6) is 5.75 Å². The van der Waals surface area contributed by atoms with E-state index in [1.165, 1.54) is 14.0 Å². The number of benzene rings is 1. The number of aliphatic carboxylic acids is 1. The summed E-state index contributed by atoms with van der Waals surface area (Å²) in [7, 11) is 0.0523. The molecular formula is C13H16BrNO5S. The molecule has 1 aromatic carbocycles. The van der Waals surface area contributed by atoms with Crippen LogP contribution in [0.3, 0.4) is 0 Å². The molecule has 0 spiro atoms. The molecule has 21 heavy (non-hydrogen) atoms. The minimum Gasteiger partial charge on any atom is -0.496 e. The third kappa shape index (κ3) is 5.84. The number of halogens is 1. The van der Waals surface area contributed by atoms with Crippen molar-refractivity contribution in [1.82, 2.24) is 5.32 Å². The molecule has 0 saturated heterocycles. The third-order valence-corrected chi connectivity index (χ3v) is 4.42. The van der Waals surface area contributed by atoms with Crippen molar-refractivity contribution >= 4 is 38.6 Å². The second kappa shape index (κ2) is 8.14. The summed E-state index contributed by atoms with van der Waals surface area (Å²) in [6.07, 6.45) is 0. The van der Waals surface area contributed by atoms with Crippen molar-refractivity contribution in [3.63, 3.8) is 0 Å². The second-order valence-corrected chi connectivity index (χ2v) is 6.72. The number of carbonyl (C=O) groups is 2. The average Bonchev–Trinajstić information content (AvgIpc) is 2.37. The van der Waals surface area contributed by atoms with Crippen LogP contribution in [-0.4, -0.2) is 40.1 Å². The molecule has 0 aliphatic heterocycles. The summed E-state index contributed by atoms with van der Waals surface area (Å²) in [5.41, 5.74) is 0.706. The third-order valence-electron chi connectivity index (χ3n) is 2.59. The minimum atomic E-state index is -1.45. The van der Waals surface area contributed by atoms with Gasteiger partial charge in [0.15, 0.2) is 0 Å². The zero-order chi connectivity index (χ0) is 16.0. The quantitative estimate of drug-likeness (QED) is 0.746. The van der Waals surface area contributed by atoms with Gasteiger partial charge in [-0.1, -0.05) is 15.9 Å². The number of hydrogen-bond donors (Lipinski definition) is 2. The van der Waals surface area contributed by atoms with Gasteiger partial charge in [0.1, 0.15) is 11.8 Å². The van der Waals surface area contributed by atoms with Crippen LogP contribution in [0.15, 0.2) is 22.7 Å². The Bertz CT molecular complexity index is 563. The molecule has 2 N–H and O–H groups in total. The van der Waals surface area contributed by atoms with Crippen LogP contribution < -0.4 is 10.1 Å². The second-order valence-electron chi connectivity index (χ2n) is 4.30. The molecule has 116 valence electrons. The Kier molecular flexibility index (Phi) is 6.83. The van der Waals surface area contributed by atoms with Crippen molar-refractivity contribution in [3.05, 3.63) is 28.2 Å². The fourth-order valence-electron chi connectivity index (χ4n) is 1.70. The summed E-state index contributed by atoms with van der Waals surface area (Å²) < 4.78 is 18.1. The molecule has 0 aromatic heterocycles. The highest BCUT2D eigenvalue weighted by atomic mass is 79.9. The number of carboxylic acid groups (broad SMARTS) is 1. The lowest BCUT2D eigenvalue weighted by Gasteiger charge is -2.14. The molecule has 1 amide bonds. The molecule has 0 heterocycles. The number of amides is 1. The Morgan fingerprint density at radius 1 is 1.48 bits per heavy atom. The number of rotatable bonds is 7. The average molecular weight is 378 g/mol. The van der Waals surface area contributed by atoms with Gasteiger partial charge in [-0.25, -0.2) is 4.79 Å². The SMILES string of the molecule is COc1ccc(Br)cc1CS(=O)CC(NC(C)=O)C(=O)O. The zero-order valence-electron chi connectivity index (χ0n) is 11.6. The highest BCUT2D eigenvalue weighted by Crippen LogP contribution is 2.24. The highest BCUT2D eigenvalue weighted by Gasteiger charge is 2.22. The van der Waals surface area contributed by atoms with Crippen molar-refractivity contribution in [2.45, 2.75) is 18.7 Å². The standard InChI is InChI=1S/C13H16BrNO5S/c1-8(16)15-11(13(17)18)7-21(19)6-9-5-10(14)3-4-12(9)20-2/h3-5,11H,6-7H2,1-2H3,(H,15,16)(H,17,18). The van der Waals surface area contributed by atoms with Crippen LogP contribution >= 0.6 is 15.9 Å². The predicted octanol–water partition coefficient (Wildman–Crippen LogP) is 1.30. The first kappa shape index (κ1) is 17.6. The smallest absolute Gasteiger partial charge is 0.327 e. The lowest BCUT2D eigenvalue weighted by Crippen LogP contribution is -2.43. The van der Waals surface area contributed by atoms with Crippen LogP contribution in [-0.2, 0) is 26.1 Å². The van der Waals surface area contributed by atoms with Gasteiger partial charge in [-0.2, -0.15) is 0 Å². The summed E-state index contributed by atoms with van der Waals surface area (Å²) in [6, 6.07) is 4.13. The van der Waals surface area contributed by atoms with Crippen LogP contribution in [0.2, 0.25) is 0 Å². The molecular weight excluding hydrogens is 362 g/mol. The van der Waals surface area contributed by atoms with Gasteiger partial charge in [-0.15, -0.1) is 0 Å². The summed E-state index contributed by atoms with van der Waals surface area (Å²) in [4.78, 5) is 22.0. The molecule has 2 atom stereocenters. The fourth-order valence-corrected chi connectivity index (χ4v) is 3.39. The van der Waals surface area contributed by atoms with Gasteiger partial charge >= 0.3 is 5.97 Å². The topological polar surface area (TPSA) is 92.7 Å². The minimum absolute atomic E-state index is 0.145. The number of carboxylic acids is 1. The Labute approximate surface area is 133 Å². The van der Waals surface area contributed by atoms with Gasteiger partial charge in [0.25, 0.3) is 0 Å². The molecule has 1 aromatic rings. The number of nitrogens with one attached hydrogen (secondary N) is 1. The predicted molar refractivity (Wildman–Crippen MR) is 82.6 cm³/mol. The lowest BCUT2D eigenvalue weighted by molar-refractivity contribution is -0.140. The number of hydrogen-bond acceptors (Lipinski definition) is 4. The van der Waals surface area contributed by atoms with E-state index in [0.29, 0.717) is 11.3 Å².